The monoisotopic (exact) mass is 309 g/mol. The maximum atomic E-state index is 12.4. The molecule has 0 aliphatic heterocycles. The number of rotatable bonds is 1. The van der Waals surface area contributed by atoms with Crippen molar-refractivity contribution in [2.75, 3.05) is 0 Å². The van der Waals surface area contributed by atoms with Gasteiger partial charge in [-0.1, -0.05) is 34.8 Å². The molecule has 1 rings (SSSR count). The molecule has 1 atom stereocenters. The van der Waals surface area contributed by atoms with Gasteiger partial charge >= 0.3 is 6.18 Å². The Hall–Kier alpha value is -0.430. The van der Waals surface area contributed by atoms with Crippen LogP contribution in [0.3, 0.4) is 0 Å². The lowest BCUT2D eigenvalue weighted by Crippen LogP contribution is -2.32. The number of aliphatic hydroxyl groups is 1. The first kappa shape index (κ1) is 14.6. The van der Waals surface area contributed by atoms with Crippen molar-refractivity contribution in [1.82, 2.24) is 4.57 Å². The summed E-state index contributed by atoms with van der Waals surface area (Å²) in [5.74, 6) is 0. The van der Waals surface area contributed by atoms with Gasteiger partial charge in [0.1, 0.15) is 0 Å². The Kier molecular flexibility index (Phi) is 4.03. The molecule has 0 aliphatic carbocycles. The molecular weight excluding hydrogens is 305 g/mol. The summed E-state index contributed by atoms with van der Waals surface area (Å²) in [5.41, 5.74) is -2.05. The highest BCUT2D eigenvalue weighted by Gasteiger charge is 2.36. The second kappa shape index (κ2) is 4.68. The Bertz CT molecular complexity index is 466. The molecule has 0 saturated heterocycles. The highest BCUT2D eigenvalue weighted by Crippen LogP contribution is 2.36. The molecule has 3 nitrogen and oxygen atoms in total. The van der Waals surface area contributed by atoms with E-state index in [1.165, 1.54) is 0 Å². The predicted molar refractivity (Wildman–Crippen MR) is 57.2 cm³/mol. The minimum atomic E-state index is -4.66. The second-order valence-corrected chi connectivity index (χ2v) is 5.45. The van der Waals surface area contributed by atoms with E-state index in [1.807, 2.05) is 0 Å². The van der Waals surface area contributed by atoms with Crippen LogP contribution in [0.2, 0.25) is 0 Å². The molecule has 1 heterocycles. The molecule has 0 saturated carbocycles. The van der Waals surface area contributed by atoms with Gasteiger partial charge < -0.3 is 5.11 Å². The first-order valence-electron chi connectivity index (χ1n) is 4.07. The fourth-order valence-corrected chi connectivity index (χ4v) is 1.34. The smallest absolute Gasteiger partial charge is 0.369 e. The number of hydrogen-bond acceptors (Lipinski definition) is 2. The molecule has 0 fully saturated rings. The lowest BCUT2D eigenvalue weighted by molar-refractivity contribution is -0.138. The van der Waals surface area contributed by atoms with Crippen LogP contribution in [0.5, 0.6) is 0 Å². The zero-order chi connectivity index (χ0) is 13.4. The topological polar surface area (TPSA) is 42.2 Å². The van der Waals surface area contributed by atoms with E-state index in [2.05, 4.69) is 0 Å². The van der Waals surface area contributed by atoms with E-state index in [9.17, 15) is 23.1 Å². The highest BCUT2D eigenvalue weighted by atomic mass is 35.6. The van der Waals surface area contributed by atoms with Crippen molar-refractivity contribution in [2.24, 2.45) is 0 Å². The van der Waals surface area contributed by atoms with Gasteiger partial charge in [0.15, 0.2) is 6.23 Å². The average Bonchev–Trinajstić information content (AvgIpc) is 2.14. The molecule has 17 heavy (non-hydrogen) atoms. The standard InChI is InChI=1S/C8H5Cl3F3NO2/c9-7(10,11)6(17)15-3-4(8(12,13)14)1-2-5(15)16/h1-3,6,17H/t6-/m1/s1. The summed E-state index contributed by atoms with van der Waals surface area (Å²) < 4.78 is 35.1. The molecule has 9 heteroatoms. The van der Waals surface area contributed by atoms with E-state index >= 15 is 0 Å². The molecule has 0 aromatic carbocycles. The Labute approximate surface area is 108 Å². The third-order valence-corrected chi connectivity index (χ3v) is 2.41. The molecule has 0 radical (unpaired) electrons. The van der Waals surface area contributed by atoms with E-state index < -0.39 is 27.3 Å². The highest BCUT2D eigenvalue weighted by molar-refractivity contribution is 6.67. The van der Waals surface area contributed by atoms with Crippen LogP contribution in [-0.2, 0) is 6.18 Å². The van der Waals surface area contributed by atoms with Crippen molar-refractivity contribution < 1.29 is 18.3 Å². The number of aliphatic hydroxyl groups excluding tert-OH is 1. The van der Waals surface area contributed by atoms with Crippen molar-refractivity contribution in [3.63, 3.8) is 0 Å². The van der Waals surface area contributed by atoms with E-state index in [4.69, 9.17) is 34.8 Å². The number of halogens is 6. The van der Waals surface area contributed by atoms with Gasteiger partial charge in [0.05, 0.1) is 5.56 Å². The SMILES string of the molecule is O=c1ccc(C(F)(F)F)cn1[C@H](O)C(Cl)(Cl)Cl. The van der Waals surface area contributed by atoms with Gasteiger partial charge in [-0.05, 0) is 6.07 Å². The van der Waals surface area contributed by atoms with Crippen LogP contribution >= 0.6 is 34.8 Å². The molecule has 0 amide bonds. The van der Waals surface area contributed by atoms with Crippen LogP contribution in [-0.4, -0.2) is 13.5 Å². The predicted octanol–water partition coefficient (Wildman–Crippen LogP) is 2.73. The number of aromatic nitrogens is 1. The second-order valence-electron chi connectivity index (χ2n) is 3.08. The van der Waals surface area contributed by atoms with Crippen LogP contribution in [0.4, 0.5) is 13.2 Å². The van der Waals surface area contributed by atoms with Crippen LogP contribution in [0.25, 0.3) is 0 Å². The van der Waals surface area contributed by atoms with Gasteiger partial charge in [0.25, 0.3) is 5.56 Å². The van der Waals surface area contributed by atoms with Gasteiger partial charge in [-0.2, -0.15) is 13.2 Å². The summed E-state index contributed by atoms with van der Waals surface area (Å²) in [6.45, 7) is 0. The Balaban J connectivity index is 3.30. The van der Waals surface area contributed by atoms with Crippen LogP contribution in [0.15, 0.2) is 23.1 Å². The van der Waals surface area contributed by atoms with Crippen molar-refractivity contribution in [3.05, 3.63) is 34.2 Å². The minimum absolute atomic E-state index is 0.301. The van der Waals surface area contributed by atoms with Gasteiger partial charge in [0, 0.05) is 12.3 Å². The first-order chi connectivity index (χ1) is 7.53. The fraction of sp³-hybridized carbons (Fsp3) is 0.375. The van der Waals surface area contributed by atoms with Gasteiger partial charge in [-0.3, -0.25) is 9.36 Å². The molecule has 0 spiro atoms. The fourth-order valence-electron chi connectivity index (χ4n) is 1.02. The quantitative estimate of drug-likeness (QED) is 0.811. The summed E-state index contributed by atoms with van der Waals surface area (Å²) in [6, 6.07) is 1.20. The molecule has 1 aromatic rings. The van der Waals surface area contributed by atoms with Crippen LogP contribution < -0.4 is 5.56 Å². The molecule has 0 unspecified atom stereocenters. The van der Waals surface area contributed by atoms with E-state index in [-0.39, 0.29) is 0 Å². The zero-order valence-electron chi connectivity index (χ0n) is 7.88. The molecule has 96 valence electrons. The minimum Gasteiger partial charge on any atom is -0.369 e. The Morgan fingerprint density at radius 1 is 1.24 bits per heavy atom. The van der Waals surface area contributed by atoms with Gasteiger partial charge in [-0.25, -0.2) is 0 Å². The third-order valence-electron chi connectivity index (χ3n) is 1.82. The summed E-state index contributed by atoms with van der Waals surface area (Å²) in [7, 11) is 0. The van der Waals surface area contributed by atoms with Crippen LogP contribution in [0, 0.1) is 0 Å². The zero-order valence-corrected chi connectivity index (χ0v) is 10.1. The maximum absolute atomic E-state index is 12.4. The summed E-state index contributed by atoms with van der Waals surface area (Å²) >= 11 is 15.9. The van der Waals surface area contributed by atoms with E-state index in [1.54, 1.807) is 0 Å². The number of alkyl halides is 6. The van der Waals surface area contributed by atoms with Gasteiger partial charge in [0.2, 0.25) is 3.79 Å². The van der Waals surface area contributed by atoms with Crippen molar-refractivity contribution in [1.29, 1.82) is 0 Å². The van der Waals surface area contributed by atoms with E-state index in [0.29, 0.717) is 22.9 Å². The van der Waals surface area contributed by atoms with Crippen LogP contribution in [0.1, 0.15) is 11.8 Å². The average molecular weight is 310 g/mol. The Morgan fingerprint density at radius 2 is 1.76 bits per heavy atom. The number of hydrogen-bond donors (Lipinski definition) is 1. The van der Waals surface area contributed by atoms with E-state index in [0.717, 1.165) is 0 Å². The number of nitrogens with zero attached hydrogens (tertiary/aromatic N) is 1. The van der Waals surface area contributed by atoms with Crippen molar-refractivity contribution in [2.45, 2.75) is 16.2 Å². The lowest BCUT2D eigenvalue weighted by Gasteiger charge is -2.21. The summed E-state index contributed by atoms with van der Waals surface area (Å²) in [5, 5.41) is 9.43. The molecule has 0 bridgehead atoms. The van der Waals surface area contributed by atoms with Crippen molar-refractivity contribution >= 4 is 34.8 Å². The van der Waals surface area contributed by atoms with Crippen molar-refractivity contribution in [3.8, 4) is 0 Å². The summed E-state index contributed by atoms with van der Waals surface area (Å²) in [4.78, 5) is 11.2. The molecule has 1 N–H and O–H groups in total. The van der Waals surface area contributed by atoms with Gasteiger partial charge in [-0.15, -0.1) is 0 Å². The molecular formula is C8H5Cl3F3NO2. The molecule has 0 aliphatic rings. The first-order valence-corrected chi connectivity index (χ1v) is 5.21. The number of pyridine rings is 1. The lowest BCUT2D eigenvalue weighted by atomic mass is 10.2. The third kappa shape index (κ3) is 3.51. The largest absolute Gasteiger partial charge is 0.417 e. The Morgan fingerprint density at radius 3 is 2.18 bits per heavy atom. The normalized spacial score (nSPS) is 14.8. The maximum Gasteiger partial charge on any atom is 0.417 e. The molecule has 1 aromatic heterocycles. The summed E-state index contributed by atoms with van der Waals surface area (Å²) in [6.07, 6.45) is -6.29.